The van der Waals surface area contributed by atoms with Crippen molar-refractivity contribution >= 4 is 11.6 Å². The molecule has 0 spiro atoms. The van der Waals surface area contributed by atoms with Crippen LogP contribution in [0.25, 0.3) is 0 Å². The van der Waals surface area contributed by atoms with Crippen LogP contribution in [0.4, 0.5) is 14.5 Å². The summed E-state index contributed by atoms with van der Waals surface area (Å²) >= 11 is 0. The Hall–Kier alpha value is -2.27. The summed E-state index contributed by atoms with van der Waals surface area (Å²) in [5.74, 6) is -1.20. The van der Waals surface area contributed by atoms with E-state index < -0.39 is 11.9 Å². The smallest absolute Gasteiger partial charge is 0.241 e. The molecule has 0 saturated heterocycles. The first kappa shape index (κ1) is 15.1. The van der Waals surface area contributed by atoms with Gasteiger partial charge in [0.1, 0.15) is 11.6 Å². The van der Waals surface area contributed by atoms with Crippen molar-refractivity contribution in [2.45, 2.75) is 19.5 Å². The number of anilines is 1. The summed E-state index contributed by atoms with van der Waals surface area (Å²) in [4.78, 5) is 11.9. The third-order valence-corrected chi connectivity index (χ3v) is 3.08. The van der Waals surface area contributed by atoms with E-state index in [1.807, 2.05) is 0 Å². The number of carbonyl (C=O) groups excluding carboxylic acids is 1. The summed E-state index contributed by atoms with van der Waals surface area (Å²) in [6.07, 6.45) is 0. The maximum atomic E-state index is 13.5. The average molecular weight is 290 g/mol. The Morgan fingerprint density at radius 2 is 1.67 bits per heavy atom. The Morgan fingerprint density at radius 1 is 1.05 bits per heavy atom. The lowest BCUT2D eigenvalue weighted by Gasteiger charge is -2.14. The molecule has 1 amide bonds. The quantitative estimate of drug-likeness (QED) is 0.888. The molecule has 2 N–H and O–H groups in total. The van der Waals surface area contributed by atoms with E-state index in [0.717, 1.165) is 0 Å². The van der Waals surface area contributed by atoms with Crippen molar-refractivity contribution in [2.24, 2.45) is 0 Å². The van der Waals surface area contributed by atoms with E-state index in [1.54, 1.807) is 37.3 Å². The molecule has 0 saturated carbocycles. The second-order valence-electron chi connectivity index (χ2n) is 4.66. The fraction of sp³-hybridized carbons (Fsp3) is 0.188. The first-order valence-corrected chi connectivity index (χ1v) is 6.60. The molecule has 2 rings (SSSR count). The monoisotopic (exact) mass is 290 g/mol. The van der Waals surface area contributed by atoms with Crippen LogP contribution in [0.3, 0.4) is 0 Å². The molecule has 3 nitrogen and oxygen atoms in total. The molecule has 0 aromatic heterocycles. The number of carbonyl (C=O) groups is 1. The zero-order valence-corrected chi connectivity index (χ0v) is 11.6. The molecule has 0 radical (unpaired) electrons. The van der Waals surface area contributed by atoms with Crippen molar-refractivity contribution in [3.8, 4) is 0 Å². The summed E-state index contributed by atoms with van der Waals surface area (Å²) < 4.78 is 26.9. The molecular formula is C16H16F2N2O. The number of para-hydroxylation sites is 1. The molecule has 5 heteroatoms. The molecule has 0 aliphatic rings. The van der Waals surface area contributed by atoms with Gasteiger partial charge in [-0.25, -0.2) is 8.78 Å². The molecule has 1 atom stereocenters. The van der Waals surface area contributed by atoms with Crippen LogP contribution in [0.1, 0.15) is 12.5 Å². The standard InChI is InChI=1S/C16H16F2N2O/c1-11(19-10-12-6-2-3-7-13(12)17)16(21)20-15-9-5-4-8-14(15)18/h2-9,11,19H,10H2,1H3,(H,20,21). The Labute approximate surface area is 122 Å². The van der Waals surface area contributed by atoms with Crippen molar-refractivity contribution in [3.63, 3.8) is 0 Å². The highest BCUT2D eigenvalue weighted by Crippen LogP contribution is 2.12. The van der Waals surface area contributed by atoms with Crippen molar-refractivity contribution in [1.29, 1.82) is 0 Å². The summed E-state index contributed by atoms with van der Waals surface area (Å²) in [5, 5.41) is 5.40. The highest BCUT2D eigenvalue weighted by Gasteiger charge is 2.14. The number of hydrogen-bond donors (Lipinski definition) is 2. The van der Waals surface area contributed by atoms with Gasteiger partial charge >= 0.3 is 0 Å². The number of benzene rings is 2. The van der Waals surface area contributed by atoms with Gasteiger partial charge in [0.15, 0.2) is 0 Å². The fourth-order valence-corrected chi connectivity index (χ4v) is 1.80. The molecule has 0 fully saturated rings. The van der Waals surface area contributed by atoms with Gasteiger partial charge in [-0.2, -0.15) is 0 Å². The van der Waals surface area contributed by atoms with Gasteiger partial charge in [-0.3, -0.25) is 4.79 Å². The van der Waals surface area contributed by atoms with Crippen LogP contribution >= 0.6 is 0 Å². The van der Waals surface area contributed by atoms with E-state index in [9.17, 15) is 13.6 Å². The molecule has 2 aromatic carbocycles. The number of hydrogen-bond acceptors (Lipinski definition) is 2. The summed E-state index contributed by atoms with van der Waals surface area (Å²) in [7, 11) is 0. The van der Waals surface area contributed by atoms with Gasteiger partial charge in [-0.15, -0.1) is 0 Å². The van der Waals surface area contributed by atoms with Crippen LogP contribution in [0.5, 0.6) is 0 Å². The van der Waals surface area contributed by atoms with Gasteiger partial charge in [0, 0.05) is 12.1 Å². The third-order valence-electron chi connectivity index (χ3n) is 3.08. The van der Waals surface area contributed by atoms with Crippen LogP contribution < -0.4 is 10.6 Å². The van der Waals surface area contributed by atoms with Crippen LogP contribution in [0.2, 0.25) is 0 Å². The second kappa shape index (κ2) is 6.95. The lowest BCUT2D eigenvalue weighted by Crippen LogP contribution is -2.37. The predicted octanol–water partition coefficient (Wildman–Crippen LogP) is 3.08. The molecule has 21 heavy (non-hydrogen) atoms. The SMILES string of the molecule is CC(NCc1ccccc1F)C(=O)Nc1ccccc1F. The number of nitrogens with one attached hydrogen (secondary N) is 2. The highest BCUT2D eigenvalue weighted by atomic mass is 19.1. The minimum Gasteiger partial charge on any atom is -0.322 e. The summed E-state index contributed by atoms with van der Waals surface area (Å²) in [6, 6.07) is 11.7. The van der Waals surface area contributed by atoms with Gasteiger partial charge < -0.3 is 10.6 Å². The topological polar surface area (TPSA) is 41.1 Å². The van der Waals surface area contributed by atoms with Crippen molar-refractivity contribution < 1.29 is 13.6 Å². The largest absolute Gasteiger partial charge is 0.322 e. The van der Waals surface area contributed by atoms with E-state index in [2.05, 4.69) is 10.6 Å². The molecule has 0 heterocycles. The third kappa shape index (κ3) is 4.10. The zero-order chi connectivity index (χ0) is 15.2. The lowest BCUT2D eigenvalue weighted by molar-refractivity contribution is -0.117. The van der Waals surface area contributed by atoms with E-state index in [0.29, 0.717) is 5.56 Å². The molecule has 0 aliphatic carbocycles. The van der Waals surface area contributed by atoms with Gasteiger partial charge in [0.05, 0.1) is 11.7 Å². The van der Waals surface area contributed by atoms with Gasteiger partial charge in [-0.05, 0) is 25.1 Å². The summed E-state index contributed by atoms with van der Waals surface area (Å²) in [6.45, 7) is 1.86. The van der Waals surface area contributed by atoms with E-state index in [1.165, 1.54) is 18.2 Å². The van der Waals surface area contributed by atoms with Crippen molar-refractivity contribution in [1.82, 2.24) is 5.32 Å². The molecule has 0 aliphatic heterocycles. The van der Waals surface area contributed by atoms with Crippen LogP contribution in [0, 0.1) is 11.6 Å². The van der Waals surface area contributed by atoms with Crippen LogP contribution in [-0.4, -0.2) is 11.9 Å². The molecule has 110 valence electrons. The van der Waals surface area contributed by atoms with E-state index in [4.69, 9.17) is 0 Å². The maximum Gasteiger partial charge on any atom is 0.241 e. The van der Waals surface area contributed by atoms with Crippen molar-refractivity contribution in [2.75, 3.05) is 5.32 Å². The average Bonchev–Trinajstić information content (AvgIpc) is 2.48. The van der Waals surface area contributed by atoms with Gasteiger partial charge in [0.2, 0.25) is 5.91 Å². The molecule has 0 bridgehead atoms. The Morgan fingerprint density at radius 3 is 2.33 bits per heavy atom. The normalized spacial score (nSPS) is 12.0. The number of halogens is 2. The minimum absolute atomic E-state index is 0.127. The predicted molar refractivity (Wildman–Crippen MR) is 77.7 cm³/mol. The molecule has 1 unspecified atom stereocenters. The second-order valence-corrected chi connectivity index (χ2v) is 4.66. The minimum atomic E-state index is -0.579. The van der Waals surface area contributed by atoms with Gasteiger partial charge in [0.25, 0.3) is 0 Å². The lowest BCUT2D eigenvalue weighted by atomic mass is 10.2. The first-order chi connectivity index (χ1) is 10.1. The Kier molecular flexibility index (Phi) is 5.00. The Bertz CT molecular complexity index is 631. The first-order valence-electron chi connectivity index (χ1n) is 6.60. The van der Waals surface area contributed by atoms with Gasteiger partial charge in [-0.1, -0.05) is 30.3 Å². The summed E-state index contributed by atoms with van der Waals surface area (Å²) in [5.41, 5.74) is 0.602. The zero-order valence-electron chi connectivity index (χ0n) is 11.6. The Balaban J connectivity index is 1.91. The molecular weight excluding hydrogens is 274 g/mol. The highest BCUT2D eigenvalue weighted by molar-refractivity contribution is 5.94. The van der Waals surface area contributed by atoms with Crippen molar-refractivity contribution in [3.05, 3.63) is 65.7 Å². The number of amides is 1. The van der Waals surface area contributed by atoms with Crippen LogP contribution in [0.15, 0.2) is 48.5 Å². The molecule has 2 aromatic rings. The number of rotatable bonds is 5. The fourth-order valence-electron chi connectivity index (χ4n) is 1.80. The van der Waals surface area contributed by atoms with E-state index in [-0.39, 0.29) is 24.0 Å². The maximum absolute atomic E-state index is 13.5. The van der Waals surface area contributed by atoms with E-state index >= 15 is 0 Å². The van der Waals surface area contributed by atoms with Crippen LogP contribution in [-0.2, 0) is 11.3 Å².